The minimum absolute atomic E-state index is 0.122. The lowest BCUT2D eigenvalue weighted by atomic mass is 10.1. The number of rotatable bonds is 3. The van der Waals surface area contributed by atoms with Crippen LogP contribution in [0.25, 0.3) is 17.0 Å². The molecular weight excluding hydrogens is 392 g/mol. The number of nitrogens with one attached hydrogen (secondary N) is 1. The summed E-state index contributed by atoms with van der Waals surface area (Å²) in [6.45, 7) is 0.122. The van der Waals surface area contributed by atoms with Gasteiger partial charge >= 0.3 is 6.03 Å². The summed E-state index contributed by atoms with van der Waals surface area (Å²) >= 11 is 5.97. The van der Waals surface area contributed by atoms with E-state index < -0.39 is 17.8 Å². The molecule has 0 saturated carbocycles. The number of fused-ring (bicyclic) bond motifs is 1. The lowest BCUT2D eigenvalue weighted by molar-refractivity contribution is -0.122. The average molecular weight is 405 g/mol. The molecule has 4 rings (SSSR count). The van der Waals surface area contributed by atoms with Gasteiger partial charge in [-0.3, -0.25) is 14.9 Å². The van der Waals surface area contributed by atoms with Gasteiger partial charge in [-0.1, -0.05) is 35.9 Å². The number of barbiturate groups is 1. The molecule has 29 heavy (non-hydrogen) atoms. The number of amides is 4. The Morgan fingerprint density at radius 1 is 1.10 bits per heavy atom. The van der Waals surface area contributed by atoms with Crippen LogP contribution in [0, 0.1) is 11.3 Å². The fourth-order valence-electron chi connectivity index (χ4n) is 3.26. The van der Waals surface area contributed by atoms with E-state index in [1.54, 1.807) is 29.0 Å². The van der Waals surface area contributed by atoms with Gasteiger partial charge in [-0.05, 0) is 30.3 Å². The number of nitrogens with zero attached hydrogens (tertiary/aromatic N) is 3. The maximum absolute atomic E-state index is 13.0. The van der Waals surface area contributed by atoms with Gasteiger partial charge in [-0.15, -0.1) is 0 Å². The van der Waals surface area contributed by atoms with E-state index >= 15 is 0 Å². The summed E-state index contributed by atoms with van der Waals surface area (Å²) in [6, 6.07) is 14.8. The van der Waals surface area contributed by atoms with Crippen molar-refractivity contribution < 1.29 is 14.4 Å². The molecule has 0 atom stereocenters. The second-order valence-electron chi connectivity index (χ2n) is 6.33. The first-order valence-corrected chi connectivity index (χ1v) is 8.99. The summed E-state index contributed by atoms with van der Waals surface area (Å²) in [7, 11) is 0. The van der Waals surface area contributed by atoms with Crippen LogP contribution in [-0.2, 0) is 16.1 Å². The Kier molecular flexibility index (Phi) is 4.63. The Morgan fingerprint density at radius 2 is 1.90 bits per heavy atom. The van der Waals surface area contributed by atoms with Gasteiger partial charge in [-0.25, -0.2) is 9.69 Å². The van der Waals surface area contributed by atoms with Crippen molar-refractivity contribution in [2.24, 2.45) is 0 Å². The van der Waals surface area contributed by atoms with Gasteiger partial charge < -0.3 is 4.57 Å². The van der Waals surface area contributed by atoms with Gasteiger partial charge in [-0.2, -0.15) is 5.26 Å². The van der Waals surface area contributed by atoms with E-state index in [1.807, 2.05) is 24.3 Å². The second-order valence-corrected chi connectivity index (χ2v) is 6.76. The third-order valence-electron chi connectivity index (χ3n) is 4.53. The monoisotopic (exact) mass is 404 g/mol. The highest BCUT2D eigenvalue weighted by Crippen LogP contribution is 2.27. The molecule has 0 spiro atoms. The second kappa shape index (κ2) is 7.26. The van der Waals surface area contributed by atoms with E-state index in [9.17, 15) is 14.4 Å². The third-order valence-corrected chi connectivity index (χ3v) is 4.76. The molecule has 0 unspecified atom stereocenters. The van der Waals surface area contributed by atoms with Crippen LogP contribution < -0.4 is 10.2 Å². The van der Waals surface area contributed by atoms with E-state index in [1.165, 1.54) is 12.1 Å². The number of hydrogen-bond donors (Lipinski definition) is 1. The Hall–Kier alpha value is -3.89. The van der Waals surface area contributed by atoms with Crippen molar-refractivity contribution in [2.75, 3.05) is 4.90 Å². The molecule has 2 aromatic carbocycles. The SMILES string of the molecule is N#CCn1cc(C=C2C(=O)NC(=O)N(c3cccc(Cl)c3)C2=O)c2ccccc21. The minimum Gasteiger partial charge on any atom is -0.333 e. The number of halogens is 1. The molecule has 1 aliphatic heterocycles. The number of para-hydroxylation sites is 1. The van der Waals surface area contributed by atoms with Crippen molar-refractivity contribution in [1.29, 1.82) is 5.26 Å². The quantitative estimate of drug-likeness (QED) is 0.534. The highest BCUT2D eigenvalue weighted by Gasteiger charge is 2.37. The third kappa shape index (κ3) is 3.26. The predicted octanol–water partition coefficient (Wildman–Crippen LogP) is 3.48. The molecular formula is C21H13ClN4O3. The van der Waals surface area contributed by atoms with E-state index in [-0.39, 0.29) is 17.8 Å². The van der Waals surface area contributed by atoms with E-state index in [2.05, 4.69) is 11.4 Å². The van der Waals surface area contributed by atoms with Crippen LogP contribution in [0.3, 0.4) is 0 Å². The molecule has 142 valence electrons. The Balaban J connectivity index is 1.82. The highest BCUT2D eigenvalue weighted by molar-refractivity contribution is 6.39. The molecule has 3 aromatic rings. The lowest BCUT2D eigenvalue weighted by Gasteiger charge is -2.26. The van der Waals surface area contributed by atoms with E-state index in [4.69, 9.17) is 16.9 Å². The largest absolute Gasteiger partial charge is 0.335 e. The summed E-state index contributed by atoms with van der Waals surface area (Å²) < 4.78 is 1.73. The number of urea groups is 1. The number of benzene rings is 2. The Morgan fingerprint density at radius 3 is 2.66 bits per heavy atom. The van der Waals surface area contributed by atoms with Crippen molar-refractivity contribution >= 4 is 52.1 Å². The van der Waals surface area contributed by atoms with Gasteiger partial charge in [0.05, 0.1) is 11.8 Å². The van der Waals surface area contributed by atoms with Crippen molar-refractivity contribution in [3.63, 3.8) is 0 Å². The zero-order valence-corrected chi connectivity index (χ0v) is 15.7. The maximum atomic E-state index is 13.0. The van der Waals surface area contributed by atoms with Crippen LogP contribution in [0.4, 0.5) is 10.5 Å². The first kappa shape index (κ1) is 18.5. The number of nitriles is 1. The highest BCUT2D eigenvalue weighted by atomic mass is 35.5. The molecule has 1 aliphatic rings. The van der Waals surface area contributed by atoms with Gasteiger partial charge in [0.25, 0.3) is 11.8 Å². The van der Waals surface area contributed by atoms with Gasteiger partial charge in [0, 0.05) is 27.7 Å². The molecule has 2 heterocycles. The van der Waals surface area contributed by atoms with Crippen molar-refractivity contribution in [3.8, 4) is 6.07 Å². The Bertz CT molecular complexity index is 1250. The molecule has 1 aromatic heterocycles. The summed E-state index contributed by atoms with van der Waals surface area (Å²) in [4.78, 5) is 38.6. The molecule has 1 fully saturated rings. The molecule has 1 N–H and O–H groups in total. The standard InChI is InChI=1S/C21H13ClN4O3/c22-14-4-3-5-15(11-14)26-20(28)17(19(27)24-21(26)29)10-13-12-25(9-8-23)18-7-2-1-6-16(13)18/h1-7,10-12H,9H2,(H,24,27,29). The van der Waals surface area contributed by atoms with Crippen LogP contribution in [0.1, 0.15) is 5.56 Å². The van der Waals surface area contributed by atoms with Crippen LogP contribution in [-0.4, -0.2) is 22.4 Å². The van der Waals surface area contributed by atoms with Crippen LogP contribution in [0.5, 0.6) is 0 Å². The van der Waals surface area contributed by atoms with Gasteiger partial charge in [0.1, 0.15) is 12.1 Å². The van der Waals surface area contributed by atoms with Crippen molar-refractivity contribution in [1.82, 2.24) is 9.88 Å². The maximum Gasteiger partial charge on any atom is 0.335 e. The van der Waals surface area contributed by atoms with Gasteiger partial charge in [0.2, 0.25) is 0 Å². The lowest BCUT2D eigenvalue weighted by Crippen LogP contribution is -2.54. The molecule has 8 heteroatoms. The molecule has 4 amide bonds. The molecule has 0 radical (unpaired) electrons. The van der Waals surface area contributed by atoms with Crippen LogP contribution in [0.15, 0.2) is 60.3 Å². The number of hydrogen-bond acceptors (Lipinski definition) is 4. The smallest absolute Gasteiger partial charge is 0.333 e. The minimum atomic E-state index is -0.841. The number of anilines is 1. The predicted molar refractivity (Wildman–Crippen MR) is 108 cm³/mol. The van der Waals surface area contributed by atoms with Crippen LogP contribution >= 0.6 is 11.6 Å². The van der Waals surface area contributed by atoms with Crippen molar-refractivity contribution in [2.45, 2.75) is 6.54 Å². The van der Waals surface area contributed by atoms with E-state index in [0.717, 1.165) is 15.8 Å². The number of aromatic nitrogens is 1. The summed E-state index contributed by atoms with van der Waals surface area (Å²) in [5.74, 6) is -1.53. The number of carbonyl (C=O) groups excluding carboxylic acids is 3. The molecule has 0 bridgehead atoms. The fraction of sp³-hybridized carbons (Fsp3) is 0.0476. The Labute approximate surface area is 170 Å². The zero-order chi connectivity index (χ0) is 20.5. The normalized spacial score (nSPS) is 15.7. The van der Waals surface area contributed by atoms with E-state index in [0.29, 0.717) is 10.6 Å². The molecule has 1 saturated heterocycles. The summed E-state index contributed by atoms with van der Waals surface area (Å²) in [5.41, 5.74) is 1.46. The molecule has 7 nitrogen and oxygen atoms in total. The topological polar surface area (TPSA) is 95.2 Å². The first-order chi connectivity index (χ1) is 14.0. The van der Waals surface area contributed by atoms with Crippen LogP contribution in [0.2, 0.25) is 5.02 Å². The van der Waals surface area contributed by atoms with Gasteiger partial charge in [0.15, 0.2) is 0 Å². The summed E-state index contributed by atoms with van der Waals surface area (Å²) in [5, 5.41) is 12.4. The molecule has 0 aliphatic carbocycles. The average Bonchev–Trinajstić information content (AvgIpc) is 3.03. The summed E-state index contributed by atoms with van der Waals surface area (Å²) in [6.07, 6.45) is 3.12. The van der Waals surface area contributed by atoms with Crippen molar-refractivity contribution in [3.05, 3.63) is 70.9 Å². The zero-order valence-electron chi connectivity index (χ0n) is 14.9. The fourth-order valence-corrected chi connectivity index (χ4v) is 3.44. The first-order valence-electron chi connectivity index (χ1n) is 8.61. The number of imide groups is 2. The number of carbonyl (C=O) groups is 3.